The highest BCUT2D eigenvalue weighted by atomic mass is 16.3. The second-order valence-electron chi connectivity index (χ2n) is 9.24. The predicted molar refractivity (Wildman–Crippen MR) is 110 cm³/mol. The number of likely N-dealkylation sites (tertiary alicyclic amines) is 1. The van der Waals surface area contributed by atoms with Crippen molar-refractivity contribution in [3.63, 3.8) is 0 Å². The van der Waals surface area contributed by atoms with E-state index in [-0.39, 0.29) is 18.6 Å². The molecule has 0 spiro atoms. The summed E-state index contributed by atoms with van der Waals surface area (Å²) in [6.45, 7) is 7.40. The highest BCUT2D eigenvalue weighted by Gasteiger charge is 2.49. The fourth-order valence-corrected chi connectivity index (χ4v) is 6.11. The van der Waals surface area contributed by atoms with Gasteiger partial charge in [-0.05, 0) is 62.6 Å². The van der Waals surface area contributed by atoms with Crippen molar-refractivity contribution in [2.75, 3.05) is 19.7 Å². The van der Waals surface area contributed by atoms with Crippen LogP contribution in [0.4, 0.5) is 0 Å². The van der Waals surface area contributed by atoms with E-state index in [9.17, 15) is 9.90 Å². The average Bonchev–Trinajstić information content (AvgIpc) is 2.98. The van der Waals surface area contributed by atoms with Crippen molar-refractivity contribution in [2.24, 2.45) is 11.8 Å². The Balaban J connectivity index is 1.40. The standard InChI is InChI=1S/C23H31N3O2/c1-14-6-7-19-18(8-14)15(2)20(24-19)12-25-10-16-9-17(11-25)22(13-27)26-21(16)4-3-5-23(26)28/h6-8,16-17,21-22,24,27H,3-5,9-13H2,1-2H3/t16-,17+,21+,22+/m1/s1. The zero-order chi connectivity index (χ0) is 19.4. The molecule has 1 aromatic heterocycles. The molecule has 3 fully saturated rings. The number of H-pyrrole nitrogens is 1. The summed E-state index contributed by atoms with van der Waals surface area (Å²) in [4.78, 5) is 20.8. The number of aromatic amines is 1. The van der Waals surface area contributed by atoms with Gasteiger partial charge in [-0.25, -0.2) is 0 Å². The van der Waals surface area contributed by atoms with Crippen molar-refractivity contribution < 1.29 is 9.90 Å². The number of hydrogen-bond donors (Lipinski definition) is 2. The first kappa shape index (κ1) is 18.2. The molecule has 4 atom stereocenters. The molecule has 2 bridgehead atoms. The summed E-state index contributed by atoms with van der Waals surface area (Å²) < 4.78 is 0. The molecule has 2 N–H and O–H groups in total. The van der Waals surface area contributed by atoms with Gasteiger partial charge < -0.3 is 15.0 Å². The van der Waals surface area contributed by atoms with E-state index in [4.69, 9.17) is 0 Å². The van der Waals surface area contributed by atoms with E-state index in [0.717, 1.165) is 38.9 Å². The number of aromatic nitrogens is 1. The number of aliphatic hydroxyl groups excluding tert-OH is 1. The number of carbonyl (C=O) groups is 1. The molecule has 0 radical (unpaired) electrons. The zero-order valence-electron chi connectivity index (χ0n) is 16.9. The number of nitrogens with zero attached hydrogens (tertiary/aromatic N) is 2. The Kier molecular flexibility index (Phi) is 4.48. The van der Waals surface area contributed by atoms with Crippen LogP contribution in [0.5, 0.6) is 0 Å². The van der Waals surface area contributed by atoms with Crippen molar-refractivity contribution in [3.05, 3.63) is 35.0 Å². The summed E-state index contributed by atoms with van der Waals surface area (Å²) in [5.41, 5.74) is 5.16. The first-order chi connectivity index (χ1) is 13.5. The fourth-order valence-electron chi connectivity index (χ4n) is 6.11. The second-order valence-corrected chi connectivity index (χ2v) is 9.24. The van der Waals surface area contributed by atoms with Gasteiger partial charge in [-0.15, -0.1) is 0 Å². The number of aliphatic hydroxyl groups is 1. The molecule has 3 saturated heterocycles. The van der Waals surface area contributed by atoms with Crippen LogP contribution in [0, 0.1) is 25.7 Å². The van der Waals surface area contributed by atoms with E-state index < -0.39 is 0 Å². The number of amides is 1. The van der Waals surface area contributed by atoms with Gasteiger partial charge in [0.25, 0.3) is 0 Å². The van der Waals surface area contributed by atoms with Gasteiger partial charge in [-0.2, -0.15) is 0 Å². The SMILES string of the molecule is Cc1ccc2[nH]c(CN3C[C@H]4C[C@@H](C3)[C@H](CO)N3C(=O)CCC[C@@H]43)c(C)c2c1. The van der Waals surface area contributed by atoms with E-state index in [1.54, 1.807) is 0 Å². The van der Waals surface area contributed by atoms with E-state index in [2.05, 4.69) is 46.8 Å². The number of fused-ring (bicyclic) bond motifs is 5. The Labute approximate surface area is 166 Å². The summed E-state index contributed by atoms with van der Waals surface area (Å²) in [6, 6.07) is 6.93. The van der Waals surface area contributed by atoms with E-state index in [0.29, 0.717) is 24.3 Å². The molecule has 4 heterocycles. The zero-order valence-corrected chi connectivity index (χ0v) is 16.9. The lowest BCUT2D eigenvalue weighted by atomic mass is 9.72. The first-order valence-corrected chi connectivity index (χ1v) is 10.8. The van der Waals surface area contributed by atoms with E-state index in [1.165, 1.54) is 27.7 Å². The van der Waals surface area contributed by atoms with Gasteiger partial charge in [-0.1, -0.05) is 11.6 Å². The number of nitrogens with one attached hydrogen (secondary N) is 1. The summed E-state index contributed by atoms with van der Waals surface area (Å²) in [5, 5.41) is 11.4. The molecule has 5 rings (SSSR count). The molecule has 5 heteroatoms. The van der Waals surface area contributed by atoms with Crippen LogP contribution in [0.2, 0.25) is 0 Å². The highest BCUT2D eigenvalue weighted by molar-refractivity contribution is 5.85. The molecular weight excluding hydrogens is 350 g/mol. The van der Waals surface area contributed by atoms with Crippen LogP contribution < -0.4 is 0 Å². The molecule has 1 amide bonds. The Morgan fingerprint density at radius 2 is 2.04 bits per heavy atom. The predicted octanol–water partition coefficient (Wildman–Crippen LogP) is 2.98. The average molecular weight is 382 g/mol. The van der Waals surface area contributed by atoms with Crippen molar-refractivity contribution in [1.82, 2.24) is 14.8 Å². The molecule has 2 aromatic rings. The summed E-state index contributed by atoms with van der Waals surface area (Å²) >= 11 is 0. The number of carbonyl (C=O) groups excluding carboxylic acids is 1. The number of benzene rings is 1. The van der Waals surface area contributed by atoms with Crippen molar-refractivity contribution in [2.45, 2.75) is 58.2 Å². The molecule has 0 unspecified atom stereocenters. The lowest BCUT2D eigenvalue weighted by molar-refractivity contribution is -0.155. The number of hydrogen-bond acceptors (Lipinski definition) is 3. The van der Waals surface area contributed by atoms with Gasteiger partial charge in [-0.3, -0.25) is 9.69 Å². The largest absolute Gasteiger partial charge is 0.394 e. The lowest BCUT2D eigenvalue weighted by Gasteiger charge is -2.56. The Morgan fingerprint density at radius 3 is 2.86 bits per heavy atom. The van der Waals surface area contributed by atoms with Crippen LogP contribution >= 0.6 is 0 Å². The van der Waals surface area contributed by atoms with Crippen molar-refractivity contribution in [3.8, 4) is 0 Å². The molecule has 0 aliphatic carbocycles. The summed E-state index contributed by atoms with van der Waals surface area (Å²) in [7, 11) is 0. The maximum Gasteiger partial charge on any atom is 0.223 e. The molecule has 3 aliphatic rings. The number of rotatable bonds is 3. The molecular formula is C23H31N3O2. The minimum absolute atomic E-state index is 0.00307. The van der Waals surface area contributed by atoms with Gasteiger partial charge >= 0.3 is 0 Å². The van der Waals surface area contributed by atoms with Crippen molar-refractivity contribution in [1.29, 1.82) is 0 Å². The molecule has 28 heavy (non-hydrogen) atoms. The van der Waals surface area contributed by atoms with Crippen LogP contribution in [0.1, 0.15) is 42.5 Å². The first-order valence-electron chi connectivity index (χ1n) is 10.8. The summed E-state index contributed by atoms with van der Waals surface area (Å²) in [6.07, 6.45) is 3.91. The molecule has 150 valence electrons. The smallest absolute Gasteiger partial charge is 0.223 e. The number of aryl methyl sites for hydroxylation is 2. The van der Waals surface area contributed by atoms with Gasteiger partial charge in [0.1, 0.15) is 0 Å². The minimum Gasteiger partial charge on any atom is -0.394 e. The molecule has 3 aliphatic heterocycles. The normalized spacial score (nSPS) is 30.7. The van der Waals surface area contributed by atoms with Crippen LogP contribution in [-0.4, -0.2) is 57.6 Å². The van der Waals surface area contributed by atoms with Crippen LogP contribution in [0.3, 0.4) is 0 Å². The highest BCUT2D eigenvalue weighted by Crippen LogP contribution is 2.42. The Hall–Kier alpha value is -1.85. The van der Waals surface area contributed by atoms with E-state index >= 15 is 0 Å². The monoisotopic (exact) mass is 381 g/mol. The van der Waals surface area contributed by atoms with Gasteiger partial charge in [0.15, 0.2) is 0 Å². The van der Waals surface area contributed by atoms with E-state index in [1.807, 2.05) is 0 Å². The third-order valence-electron chi connectivity index (χ3n) is 7.46. The van der Waals surface area contributed by atoms with Gasteiger partial charge in [0.05, 0.1) is 12.6 Å². The third-order valence-corrected chi connectivity index (χ3v) is 7.46. The fraction of sp³-hybridized carbons (Fsp3) is 0.609. The quantitative estimate of drug-likeness (QED) is 0.859. The maximum atomic E-state index is 12.6. The van der Waals surface area contributed by atoms with Crippen LogP contribution in [0.15, 0.2) is 18.2 Å². The van der Waals surface area contributed by atoms with Gasteiger partial charge in [0.2, 0.25) is 5.91 Å². The maximum absolute atomic E-state index is 12.6. The molecule has 0 saturated carbocycles. The summed E-state index contributed by atoms with van der Waals surface area (Å²) in [5.74, 6) is 1.19. The second kappa shape index (κ2) is 6.89. The van der Waals surface area contributed by atoms with Crippen LogP contribution in [0.25, 0.3) is 10.9 Å². The van der Waals surface area contributed by atoms with Crippen molar-refractivity contribution >= 4 is 16.8 Å². The molecule has 5 nitrogen and oxygen atoms in total. The topological polar surface area (TPSA) is 59.6 Å². The molecule has 1 aromatic carbocycles. The Bertz CT molecular complexity index is 891. The minimum atomic E-state index is 0.00307. The third kappa shape index (κ3) is 2.87. The van der Waals surface area contributed by atoms with Crippen LogP contribution in [-0.2, 0) is 11.3 Å². The number of piperidine rings is 3. The lowest BCUT2D eigenvalue weighted by Crippen LogP contribution is -2.65. The van der Waals surface area contributed by atoms with Gasteiger partial charge in [0, 0.05) is 48.7 Å². The Morgan fingerprint density at radius 1 is 1.21 bits per heavy atom.